The fourth-order valence-electron chi connectivity index (χ4n) is 8.54. The van der Waals surface area contributed by atoms with Crippen molar-refractivity contribution in [2.75, 3.05) is 6.79 Å². The average molecular weight is 457 g/mol. The van der Waals surface area contributed by atoms with E-state index in [1.165, 1.54) is 51.4 Å². The molecule has 8 atom stereocenters. The van der Waals surface area contributed by atoms with Crippen molar-refractivity contribution in [1.82, 2.24) is 0 Å². The highest BCUT2D eigenvalue weighted by Crippen LogP contribution is 2.67. The Morgan fingerprint density at radius 2 is 1.81 bits per heavy atom. The quantitative estimate of drug-likeness (QED) is 0.286. The smallest absolute Gasteiger partial charge is 0.330 e. The monoisotopic (exact) mass is 456 g/mol. The second kappa shape index (κ2) is 9.54. The minimum Gasteiger partial charge on any atom is -0.438 e. The first-order valence-corrected chi connectivity index (χ1v) is 13.6. The van der Waals surface area contributed by atoms with Gasteiger partial charge in [0.2, 0.25) is 6.79 Å². The van der Waals surface area contributed by atoms with Gasteiger partial charge >= 0.3 is 14.6 Å². The van der Waals surface area contributed by atoms with E-state index in [4.69, 9.17) is 14.5 Å². The first-order valence-electron chi connectivity index (χ1n) is 12.4. The Kier molecular flexibility index (Phi) is 7.35. The molecule has 0 radical (unpaired) electrons. The Morgan fingerprint density at radius 1 is 1.03 bits per heavy atom. The summed E-state index contributed by atoms with van der Waals surface area (Å²) >= 11 is 0. The fraction of sp³-hybridized carbons (Fsp3) is 0.958. The van der Waals surface area contributed by atoms with Gasteiger partial charge in [0.05, 0.1) is 6.10 Å². The largest absolute Gasteiger partial charge is 0.438 e. The molecule has 31 heavy (non-hydrogen) atoms. The Bertz CT molecular complexity index is 644. The highest BCUT2D eigenvalue weighted by Gasteiger charge is 2.61. The lowest BCUT2D eigenvalue weighted by Gasteiger charge is -2.62. The van der Waals surface area contributed by atoms with Gasteiger partial charge in [0.1, 0.15) is 0 Å². The maximum Gasteiger partial charge on any atom is 0.330 e. The van der Waals surface area contributed by atoms with Gasteiger partial charge in [0.15, 0.2) is 0 Å². The van der Waals surface area contributed by atoms with E-state index in [1.54, 1.807) is 0 Å². The van der Waals surface area contributed by atoms with Gasteiger partial charge in [-0.2, -0.15) is 0 Å². The summed E-state index contributed by atoms with van der Waals surface area (Å²) in [4.78, 5) is 29.3. The first kappa shape index (κ1) is 23.9. The minimum absolute atomic E-state index is 0.136. The molecule has 6 nitrogen and oxygen atoms in total. The van der Waals surface area contributed by atoms with Crippen LogP contribution >= 0.6 is 8.60 Å². The number of carbonyl (C=O) groups excluding carboxylic acids is 1. The van der Waals surface area contributed by atoms with Crippen LogP contribution in [0.15, 0.2) is 0 Å². The molecule has 0 aromatic rings. The van der Waals surface area contributed by atoms with E-state index in [0.29, 0.717) is 41.4 Å². The molecular formula is C24H41O6P. The van der Waals surface area contributed by atoms with E-state index < -0.39 is 15.4 Å². The topological polar surface area (TPSA) is 96.2 Å². The molecule has 4 aliphatic carbocycles. The lowest BCUT2D eigenvalue weighted by atomic mass is 9.44. The van der Waals surface area contributed by atoms with Crippen LogP contribution in [-0.4, -0.2) is 33.8 Å². The molecule has 0 spiro atoms. The molecule has 7 heteroatoms. The summed E-state index contributed by atoms with van der Waals surface area (Å²) in [6.07, 6.45) is 13.3. The minimum atomic E-state index is -2.48. The zero-order valence-corrected chi connectivity index (χ0v) is 20.1. The van der Waals surface area contributed by atoms with Crippen molar-refractivity contribution in [2.24, 2.45) is 40.4 Å². The van der Waals surface area contributed by atoms with E-state index in [2.05, 4.69) is 18.4 Å². The van der Waals surface area contributed by atoms with Crippen molar-refractivity contribution < 1.29 is 28.9 Å². The molecular weight excluding hydrogens is 415 g/mol. The SMILES string of the molecule is CC12CCC3C(C(O)CC4CCCCC43C)C1CCC2CCCC(=O)OCOP(O)O. The van der Waals surface area contributed by atoms with Crippen LogP contribution < -0.4 is 0 Å². The third-order valence-electron chi connectivity index (χ3n) is 10.1. The molecule has 8 unspecified atom stereocenters. The zero-order valence-electron chi connectivity index (χ0n) is 19.2. The van der Waals surface area contributed by atoms with Crippen molar-refractivity contribution in [3.63, 3.8) is 0 Å². The fourth-order valence-corrected chi connectivity index (χ4v) is 8.69. The number of esters is 1. The average Bonchev–Trinajstić information content (AvgIpc) is 3.04. The molecule has 0 bridgehead atoms. The molecule has 4 aliphatic rings. The second-order valence-corrected chi connectivity index (χ2v) is 12.0. The highest BCUT2D eigenvalue weighted by molar-refractivity contribution is 7.39. The normalized spacial score (nSPS) is 44.5. The molecule has 0 aromatic carbocycles. The number of aliphatic hydroxyl groups is 1. The lowest BCUT2D eigenvalue weighted by Crippen LogP contribution is -2.57. The lowest BCUT2D eigenvalue weighted by molar-refractivity contribution is -0.162. The molecule has 0 aromatic heterocycles. The third kappa shape index (κ3) is 4.57. The molecule has 0 saturated heterocycles. The maximum atomic E-state index is 11.9. The standard InChI is InChI=1S/C24H41O6P/c1-23-12-4-3-6-17(23)14-20(25)22-18-10-9-16(24(18,2)13-11-19(22)23)7-5-8-21(26)29-15-30-31(27)28/h16-20,22,25,27-28H,3-15H2,1-2H3. The number of ether oxygens (including phenoxy) is 1. The summed E-state index contributed by atoms with van der Waals surface area (Å²) in [5, 5.41) is 11.3. The van der Waals surface area contributed by atoms with Gasteiger partial charge < -0.3 is 19.6 Å². The van der Waals surface area contributed by atoms with Gasteiger partial charge in [0.25, 0.3) is 0 Å². The summed E-state index contributed by atoms with van der Waals surface area (Å²) in [6, 6.07) is 0. The van der Waals surface area contributed by atoms with Crippen molar-refractivity contribution in [1.29, 1.82) is 0 Å². The molecule has 4 rings (SSSR count). The second-order valence-electron chi connectivity index (χ2n) is 11.3. The third-order valence-corrected chi connectivity index (χ3v) is 10.5. The number of hydrogen-bond acceptors (Lipinski definition) is 6. The van der Waals surface area contributed by atoms with E-state index in [9.17, 15) is 9.90 Å². The van der Waals surface area contributed by atoms with Gasteiger partial charge in [-0.15, -0.1) is 0 Å². The molecule has 0 aliphatic heterocycles. The van der Waals surface area contributed by atoms with Crippen LogP contribution in [0.4, 0.5) is 0 Å². The Labute approximate surface area is 188 Å². The van der Waals surface area contributed by atoms with Crippen molar-refractivity contribution >= 4 is 14.6 Å². The van der Waals surface area contributed by atoms with E-state index >= 15 is 0 Å². The summed E-state index contributed by atoms with van der Waals surface area (Å²) in [5.74, 6) is 2.71. The van der Waals surface area contributed by atoms with Gasteiger partial charge in [-0.3, -0.25) is 9.32 Å². The molecule has 4 saturated carbocycles. The maximum absolute atomic E-state index is 11.9. The van der Waals surface area contributed by atoms with Crippen LogP contribution in [0.5, 0.6) is 0 Å². The van der Waals surface area contributed by atoms with E-state index in [-0.39, 0.29) is 17.5 Å². The van der Waals surface area contributed by atoms with E-state index in [0.717, 1.165) is 19.3 Å². The Morgan fingerprint density at radius 3 is 2.58 bits per heavy atom. The van der Waals surface area contributed by atoms with Crippen LogP contribution in [-0.2, 0) is 14.1 Å². The summed E-state index contributed by atoms with van der Waals surface area (Å²) in [6.45, 7) is 4.60. The van der Waals surface area contributed by atoms with Crippen LogP contribution in [0.3, 0.4) is 0 Å². The van der Waals surface area contributed by atoms with E-state index in [1.807, 2.05) is 0 Å². The Hall–Kier alpha value is -0.260. The summed E-state index contributed by atoms with van der Waals surface area (Å²) < 4.78 is 9.39. The number of fused-ring (bicyclic) bond motifs is 5. The number of carbonyl (C=O) groups is 1. The summed E-state index contributed by atoms with van der Waals surface area (Å²) in [5.41, 5.74) is 0.702. The van der Waals surface area contributed by atoms with Crippen LogP contribution in [0.1, 0.15) is 90.9 Å². The zero-order chi connectivity index (χ0) is 22.2. The van der Waals surface area contributed by atoms with Gasteiger partial charge in [0, 0.05) is 6.42 Å². The van der Waals surface area contributed by atoms with Gasteiger partial charge in [-0.25, -0.2) is 0 Å². The van der Waals surface area contributed by atoms with Crippen molar-refractivity contribution in [3.8, 4) is 0 Å². The highest BCUT2D eigenvalue weighted by atomic mass is 31.2. The van der Waals surface area contributed by atoms with Crippen molar-refractivity contribution in [3.05, 3.63) is 0 Å². The van der Waals surface area contributed by atoms with Crippen LogP contribution in [0.2, 0.25) is 0 Å². The molecule has 0 heterocycles. The predicted octanol–water partition coefficient (Wildman–Crippen LogP) is 4.91. The number of hydrogen-bond donors (Lipinski definition) is 3. The van der Waals surface area contributed by atoms with Gasteiger partial charge in [-0.1, -0.05) is 26.7 Å². The molecule has 178 valence electrons. The number of aliphatic hydroxyl groups excluding tert-OH is 1. The molecule has 4 fully saturated rings. The van der Waals surface area contributed by atoms with Crippen LogP contribution in [0.25, 0.3) is 0 Å². The summed E-state index contributed by atoms with van der Waals surface area (Å²) in [7, 11) is -2.48. The van der Waals surface area contributed by atoms with Crippen molar-refractivity contribution in [2.45, 2.75) is 97.0 Å². The molecule has 0 amide bonds. The Balaban J connectivity index is 1.35. The first-order chi connectivity index (χ1) is 14.8. The van der Waals surface area contributed by atoms with Crippen LogP contribution in [0, 0.1) is 40.4 Å². The number of rotatable bonds is 7. The molecule has 3 N–H and O–H groups in total. The predicted molar refractivity (Wildman–Crippen MR) is 118 cm³/mol. The van der Waals surface area contributed by atoms with Gasteiger partial charge in [-0.05, 0) is 98.2 Å².